The molecule has 0 aliphatic carbocycles. The minimum Gasteiger partial charge on any atom is -0.495 e. The van der Waals surface area contributed by atoms with Crippen LogP contribution in [-0.4, -0.2) is 77.2 Å². The van der Waals surface area contributed by atoms with Crippen molar-refractivity contribution in [1.29, 1.82) is 0 Å². The number of nitrogens with one attached hydrogen (secondary N) is 2. The van der Waals surface area contributed by atoms with Gasteiger partial charge >= 0.3 is 0 Å². The van der Waals surface area contributed by atoms with E-state index in [9.17, 15) is 9.59 Å². The summed E-state index contributed by atoms with van der Waals surface area (Å²) in [6.45, 7) is 4.54. The van der Waals surface area contributed by atoms with Crippen molar-refractivity contribution in [3.8, 4) is 5.75 Å². The molecule has 9 nitrogen and oxygen atoms in total. The van der Waals surface area contributed by atoms with E-state index in [4.69, 9.17) is 9.15 Å². The Morgan fingerprint density at radius 1 is 0.946 bits per heavy atom. The number of methoxy groups -OCH3 is 1. The lowest BCUT2D eigenvalue weighted by Gasteiger charge is -2.38. The third-order valence-electron chi connectivity index (χ3n) is 6.36. The van der Waals surface area contributed by atoms with E-state index in [1.54, 1.807) is 25.3 Å². The molecule has 196 valence electrons. The van der Waals surface area contributed by atoms with Crippen molar-refractivity contribution in [2.45, 2.75) is 6.42 Å². The molecule has 0 spiro atoms. The predicted octanol–water partition coefficient (Wildman–Crippen LogP) is 3.55. The Labute approximate surface area is 218 Å². The van der Waals surface area contributed by atoms with Crippen molar-refractivity contribution in [3.05, 3.63) is 72.2 Å². The average Bonchev–Trinajstić information content (AvgIpc) is 3.46. The van der Waals surface area contributed by atoms with Gasteiger partial charge in [0.2, 0.25) is 0 Å². The molecule has 1 aliphatic rings. The molecule has 2 N–H and O–H groups in total. The highest BCUT2D eigenvalue weighted by Crippen LogP contribution is 2.31. The van der Waals surface area contributed by atoms with E-state index in [-0.39, 0.29) is 17.6 Å². The SMILES string of the molecule is COc1ccccc1N1CCN(c2ccc(NC(=O)c3ccco3)cc2C(=O)NCCCN(C)C)CC1. The highest BCUT2D eigenvalue weighted by Gasteiger charge is 2.24. The van der Waals surface area contributed by atoms with Crippen LogP contribution in [0.1, 0.15) is 27.3 Å². The van der Waals surface area contributed by atoms with Gasteiger partial charge in [-0.2, -0.15) is 0 Å². The lowest BCUT2D eigenvalue weighted by molar-refractivity contribution is 0.0950. The molecule has 1 aliphatic heterocycles. The lowest BCUT2D eigenvalue weighted by Crippen LogP contribution is -2.47. The Morgan fingerprint density at radius 2 is 1.68 bits per heavy atom. The second kappa shape index (κ2) is 12.3. The standard InChI is InChI=1S/C28H35N5O4/c1-31(2)14-7-13-29-27(34)22-20-21(30-28(35)26-10-6-19-37-26)11-12-23(22)32-15-17-33(18-16-32)24-8-4-5-9-25(24)36-3/h4-6,8-12,19-20H,7,13-18H2,1-3H3,(H,29,34)(H,30,35). The first-order valence-corrected chi connectivity index (χ1v) is 12.5. The fraction of sp³-hybridized carbons (Fsp3) is 0.357. The Morgan fingerprint density at radius 3 is 2.35 bits per heavy atom. The van der Waals surface area contributed by atoms with Crippen molar-refractivity contribution in [3.63, 3.8) is 0 Å². The molecule has 1 aromatic heterocycles. The summed E-state index contributed by atoms with van der Waals surface area (Å²) >= 11 is 0. The summed E-state index contributed by atoms with van der Waals surface area (Å²) in [5.74, 6) is 0.548. The maximum Gasteiger partial charge on any atom is 0.291 e. The summed E-state index contributed by atoms with van der Waals surface area (Å²) in [6, 6.07) is 16.8. The van der Waals surface area contributed by atoms with Gasteiger partial charge in [0, 0.05) is 44.1 Å². The first kappa shape index (κ1) is 26.1. The summed E-state index contributed by atoms with van der Waals surface area (Å²) in [5.41, 5.74) is 2.99. The molecule has 0 bridgehead atoms. The van der Waals surface area contributed by atoms with Crippen LogP contribution in [0.4, 0.5) is 17.1 Å². The van der Waals surface area contributed by atoms with Gasteiger partial charge in [-0.25, -0.2) is 0 Å². The van der Waals surface area contributed by atoms with E-state index in [0.29, 0.717) is 17.8 Å². The van der Waals surface area contributed by atoms with Gasteiger partial charge in [0.05, 0.1) is 24.6 Å². The zero-order valence-corrected chi connectivity index (χ0v) is 21.7. The second-order valence-electron chi connectivity index (χ2n) is 9.22. The van der Waals surface area contributed by atoms with Crippen molar-refractivity contribution in [2.75, 3.05) is 75.6 Å². The molecular weight excluding hydrogens is 470 g/mol. The summed E-state index contributed by atoms with van der Waals surface area (Å²) < 4.78 is 10.7. The average molecular weight is 506 g/mol. The summed E-state index contributed by atoms with van der Waals surface area (Å²) in [7, 11) is 5.70. The quantitative estimate of drug-likeness (QED) is 0.407. The monoisotopic (exact) mass is 505 g/mol. The molecule has 0 radical (unpaired) electrons. The maximum absolute atomic E-state index is 13.3. The van der Waals surface area contributed by atoms with Gasteiger partial charge in [-0.05, 0) is 69.5 Å². The molecular formula is C28H35N5O4. The minimum absolute atomic E-state index is 0.157. The van der Waals surface area contributed by atoms with Crippen molar-refractivity contribution in [1.82, 2.24) is 10.2 Å². The number of hydrogen-bond acceptors (Lipinski definition) is 7. The number of furan rings is 1. The number of carbonyl (C=O) groups is 2. The minimum atomic E-state index is -0.361. The number of hydrogen-bond donors (Lipinski definition) is 2. The van der Waals surface area contributed by atoms with Crippen LogP contribution < -0.4 is 25.2 Å². The van der Waals surface area contributed by atoms with Crippen molar-refractivity contribution < 1.29 is 18.7 Å². The van der Waals surface area contributed by atoms with Crippen LogP contribution >= 0.6 is 0 Å². The Bertz CT molecular complexity index is 1190. The third kappa shape index (κ3) is 6.62. The molecule has 3 aromatic rings. The predicted molar refractivity (Wildman–Crippen MR) is 146 cm³/mol. The molecule has 9 heteroatoms. The number of carbonyl (C=O) groups excluding carboxylic acids is 2. The Hall–Kier alpha value is -3.98. The lowest BCUT2D eigenvalue weighted by atomic mass is 10.1. The van der Waals surface area contributed by atoms with Crippen LogP contribution in [-0.2, 0) is 0 Å². The number of anilines is 3. The number of ether oxygens (including phenoxy) is 1. The van der Waals surface area contributed by atoms with Gasteiger partial charge in [-0.15, -0.1) is 0 Å². The van der Waals surface area contributed by atoms with Crippen molar-refractivity contribution in [2.24, 2.45) is 0 Å². The van der Waals surface area contributed by atoms with Crippen LogP contribution in [0.15, 0.2) is 65.3 Å². The fourth-order valence-corrected chi connectivity index (χ4v) is 4.44. The normalized spacial score (nSPS) is 13.5. The molecule has 0 unspecified atom stereocenters. The van der Waals surface area contributed by atoms with Crippen molar-refractivity contribution >= 4 is 28.9 Å². The molecule has 37 heavy (non-hydrogen) atoms. The van der Waals surface area contributed by atoms with E-state index in [1.165, 1.54) is 6.26 Å². The Kier molecular flexibility index (Phi) is 8.68. The first-order valence-electron chi connectivity index (χ1n) is 12.5. The summed E-state index contributed by atoms with van der Waals surface area (Å²) in [5, 5.41) is 5.87. The number of rotatable bonds is 10. The van der Waals surface area contributed by atoms with Gasteiger partial charge in [0.1, 0.15) is 5.75 Å². The molecule has 2 aromatic carbocycles. The maximum atomic E-state index is 13.3. The first-order chi connectivity index (χ1) is 18.0. The molecule has 0 saturated carbocycles. The van der Waals surface area contributed by atoms with Gasteiger partial charge in [-0.3, -0.25) is 9.59 Å². The smallest absolute Gasteiger partial charge is 0.291 e. The topological polar surface area (TPSA) is 90.3 Å². The summed E-state index contributed by atoms with van der Waals surface area (Å²) in [6.07, 6.45) is 2.30. The van der Waals surface area contributed by atoms with E-state index in [0.717, 1.165) is 56.3 Å². The third-order valence-corrected chi connectivity index (χ3v) is 6.36. The highest BCUT2D eigenvalue weighted by molar-refractivity contribution is 6.05. The molecule has 1 saturated heterocycles. The van der Waals surface area contributed by atoms with Crippen LogP contribution in [0.3, 0.4) is 0 Å². The highest BCUT2D eigenvalue weighted by atomic mass is 16.5. The number of nitrogens with zero attached hydrogens (tertiary/aromatic N) is 3. The number of piperazine rings is 1. The van der Waals surface area contributed by atoms with Crippen LogP contribution in [0, 0.1) is 0 Å². The second-order valence-corrected chi connectivity index (χ2v) is 9.22. The van der Waals surface area contributed by atoms with E-state index >= 15 is 0 Å². The molecule has 4 rings (SSSR count). The van der Waals surface area contributed by atoms with E-state index in [2.05, 4.69) is 31.4 Å². The Balaban J connectivity index is 1.51. The van der Waals surface area contributed by atoms with Crippen LogP contribution in [0.5, 0.6) is 5.75 Å². The number of amides is 2. The number of para-hydroxylation sites is 2. The summed E-state index contributed by atoms with van der Waals surface area (Å²) in [4.78, 5) is 32.4. The molecule has 1 fully saturated rings. The molecule has 2 amide bonds. The van der Waals surface area contributed by atoms with E-state index < -0.39 is 0 Å². The largest absolute Gasteiger partial charge is 0.495 e. The number of benzene rings is 2. The van der Waals surface area contributed by atoms with Gasteiger partial charge in [0.25, 0.3) is 11.8 Å². The molecule has 0 atom stereocenters. The molecule has 2 heterocycles. The van der Waals surface area contributed by atoms with Crippen LogP contribution in [0.25, 0.3) is 0 Å². The zero-order valence-electron chi connectivity index (χ0n) is 21.7. The van der Waals surface area contributed by atoms with Gasteiger partial charge in [-0.1, -0.05) is 12.1 Å². The fourth-order valence-electron chi connectivity index (χ4n) is 4.44. The van der Waals surface area contributed by atoms with Gasteiger partial charge < -0.3 is 34.5 Å². The zero-order chi connectivity index (χ0) is 26.2. The van der Waals surface area contributed by atoms with Crippen LogP contribution in [0.2, 0.25) is 0 Å². The van der Waals surface area contributed by atoms with Gasteiger partial charge in [0.15, 0.2) is 5.76 Å². The van der Waals surface area contributed by atoms with E-state index in [1.807, 2.05) is 44.4 Å².